The third-order valence-corrected chi connectivity index (χ3v) is 2.99. The molecule has 4 heteroatoms. The molecule has 1 aromatic heterocycles. The fourth-order valence-electron chi connectivity index (χ4n) is 1.82. The van der Waals surface area contributed by atoms with Crippen LogP contribution >= 0.6 is 0 Å². The normalized spacial score (nSPS) is 10.6. The van der Waals surface area contributed by atoms with Crippen LogP contribution in [0.1, 0.15) is 11.1 Å². The molecule has 0 N–H and O–H groups in total. The Morgan fingerprint density at radius 1 is 0.789 bits per heavy atom. The fraction of sp³-hybridized carbons (Fsp3) is 0.133. The molecule has 0 unspecified atom stereocenters. The smallest absolute Gasteiger partial charge is 0.130 e. The van der Waals surface area contributed by atoms with E-state index >= 15 is 0 Å². The van der Waals surface area contributed by atoms with E-state index in [2.05, 4.69) is 29.3 Å². The summed E-state index contributed by atoms with van der Waals surface area (Å²) in [7, 11) is 0. The van der Waals surface area contributed by atoms with Crippen molar-refractivity contribution in [3.8, 4) is 17.1 Å². The van der Waals surface area contributed by atoms with E-state index in [0.717, 1.165) is 11.3 Å². The second-order valence-electron chi connectivity index (χ2n) is 4.60. The standard InChI is InChI=1S/C15H14N4/c1-11-3-7-13(8-4-11)15-16-18-19(17-15)14-9-5-12(2)6-10-14/h3-10H,1-2H3. The Morgan fingerprint density at radius 3 is 2.00 bits per heavy atom. The van der Waals surface area contributed by atoms with Crippen molar-refractivity contribution in [1.82, 2.24) is 20.2 Å². The monoisotopic (exact) mass is 250 g/mol. The molecule has 1 heterocycles. The topological polar surface area (TPSA) is 43.6 Å². The highest BCUT2D eigenvalue weighted by molar-refractivity contribution is 5.54. The van der Waals surface area contributed by atoms with Gasteiger partial charge in [-0.2, -0.15) is 0 Å². The van der Waals surface area contributed by atoms with Gasteiger partial charge < -0.3 is 0 Å². The third-order valence-electron chi connectivity index (χ3n) is 2.99. The first kappa shape index (κ1) is 11.6. The van der Waals surface area contributed by atoms with Crippen molar-refractivity contribution in [1.29, 1.82) is 0 Å². The van der Waals surface area contributed by atoms with Crippen LogP contribution in [0, 0.1) is 13.8 Å². The van der Waals surface area contributed by atoms with E-state index in [0.29, 0.717) is 5.82 Å². The summed E-state index contributed by atoms with van der Waals surface area (Å²) in [6, 6.07) is 16.1. The van der Waals surface area contributed by atoms with Gasteiger partial charge in [-0.05, 0) is 31.2 Å². The van der Waals surface area contributed by atoms with Gasteiger partial charge in [0.25, 0.3) is 0 Å². The molecule has 3 rings (SSSR count). The Kier molecular flexibility index (Phi) is 2.83. The van der Waals surface area contributed by atoms with Gasteiger partial charge in [0.2, 0.25) is 5.82 Å². The van der Waals surface area contributed by atoms with E-state index in [1.165, 1.54) is 11.1 Å². The summed E-state index contributed by atoms with van der Waals surface area (Å²) >= 11 is 0. The molecule has 2 aromatic carbocycles. The first-order chi connectivity index (χ1) is 9.22. The van der Waals surface area contributed by atoms with Crippen LogP contribution in [0.2, 0.25) is 0 Å². The molecule has 3 aromatic rings. The van der Waals surface area contributed by atoms with Gasteiger partial charge in [-0.1, -0.05) is 47.5 Å². The number of benzene rings is 2. The minimum absolute atomic E-state index is 0.639. The number of tetrazole rings is 1. The van der Waals surface area contributed by atoms with Crippen LogP contribution in [0.25, 0.3) is 17.1 Å². The predicted octanol–water partition coefficient (Wildman–Crippen LogP) is 2.95. The van der Waals surface area contributed by atoms with E-state index in [9.17, 15) is 0 Å². The minimum atomic E-state index is 0.639. The quantitative estimate of drug-likeness (QED) is 0.702. The molecular formula is C15H14N4. The van der Waals surface area contributed by atoms with Crippen molar-refractivity contribution < 1.29 is 0 Å². The van der Waals surface area contributed by atoms with E-state index in [1.807, 2.05) is 48.5 Å². The highest BCUT2D eigenvalue weighted by Gasteiger charge is 2.06. The van der Waals surface area contributed by atoms with Crippen LogP contribution in [-0.2, 0) is 0 Å². The molecule has 0 spiro atoms. The van der Waals surface area contributed by atoms with Crippen molar-refractivity contribution in [2.45, 2.75) is 13.8 Å². The highest BCUT2D eigenvalue weighted by Crippen LogP contribution is 2.15. The average Bonchev–Trinajstić information content (AvgIpc) is 2.90. The maximum atomic E-state index is 4.40. The van der Waals surface area contributed by atoms with Crippen molar-refractivity contribution in [3.63, 3.8) is 0 Å². The summed E-state index contributed by atoms with van der Waals surface area (Å²) in [5.41, 5.74) is 4.32. The predicted molar refractivity (Wildman–Crippen MR) is 74.1 cm³/mol. The zero-order valence-corrected chi connectivity index (χ0v) is 10.9. The lowest BCUT2D eigenvalue weighted by molar-refractivity contribution is 0.720. The Balaban J connectivity index is 1.95. The molecule has 0 aliphatic carbocycles. The van der Waals surface area contributed by atoms with Crippen molar-refractivity contribution in [3.05, 3.63) is 59.7 Å². The lowest BCUT2D eigenvalue weighted by atomic mass is 10.1. The summed E-state index contributed by atoms with van der Waals surface area (Å²) in [5, 5.41) is 12.6. The van der Waals surface area contributed by atoms with Gasteiger partial charge >= 0.3 is 0 Å². The summed E-state index contributed by atoms with van der Waals surface area (Å²) in [6.07, 6.45) is 0. The summed E-state index contributed by atoms with van der Waals surface area (Å²) in [5.74, 6) is 0.639. The molecule has 19 heavy (non-hydrogen) atoms. The molecule has 0 saturated carbocycles. The van der Waals surface area contributed by atoms with E-state index in [1.54, 1.807) is 4.80 Å². The van der Waals surface area contributed by atoms with Crippen molar-refractivity contribution >= 4 is 0 Å². The second kappa shape index (κ2) is 4.65. The zero-order valence-electron chi connectivity index (χ0n) is 10.9. The highest BCUT2D eigenvalue weighted by atomic mass is 15.6. The number of hydrogen-bond donors (Lipinski definition) is 0. The van der Waals surface area contributed by atoms with Gasteiger partial charge in [0.15, 0.2) is 0 Å². The van der Waals surface area contributed by atoms with Crippen LogP contribution in [0.3, 0.4) is 0 Å². The summed E-state index contributed by atoms with van der Waals surface area (Å²) in [6.45, 7) is 4.11. The van der Waals surface area contributed by atoms with E-state index in [-0.39, 0.29) is 0 Å². The maximum absolute atomic E-state index is 4.40. The van der Waals surface area contributed by atoms with Crippen molar-refractivity contribution in [2.75, 3.05) is 0 Å². The van der Waals surface area contributed by atoms with E-state index in [4.69, 9.17) is 0 Å². The van der Waals surface area contributed by atoms with Gasteiger partial charge in [0, 0.05) is 5.56 Å². The summed E-state index contributed by atoms with van der Waals surface area (Å²) < 4.78 is 0. The van der Waals surface area contributed by atoms with Crippen LogP contribution in [0.5, 0.6) is 0 Å². The number of hydrogen-bond acceptors (Lipinski definition) is 3. The lowest BCUT2D eigenvalue weighted by Crippen LogP contribution is -1.98. The van der Waals surface area contributed by atoms with Crippen LogP contribution in [-0.4, -0.2) is 20.2 Å². The van der Waals surface area contributed by atoms with E-state index < -0.39 is 0 Å². The molecule has 0 saturated heterocycles. The number of aromatic nitrogens is 4. The molecule has 0 atom stereocenters. The Hall–Kier alpha value is -2.49. The summed E-state index contributed by atoms with van der Waals surface area (Å²) in [4.78, 5) is 1.55. The maximum Gasteiger partial charge on any atom is 0.205 e. The molecule has 0 radical (unpaired) electrons. The Morgan fingerprint density at radius 2 is 1.37 bits per heavy atom. The van der Waals surface area contributed by atoms with Gasteiger partial charge in [0.05, 0.1) is 5.69 Å². The molecule has 0 aliphatic rings. The molecule has 0 fully saturated rings. The van der Waals surface area contributed by atoms with Crippen LogP contribution in [0.4, 0.5) is 0 Å². The molecule has 0 bridgehead atoms. The minimum Gasteiger partial charge on any atom is -0.130 e. The molecular weight excluding hydrogens is 236 g/mol. The van der Waals surface area contributed by atoms with Gasteiger partial charge in [-0.25, -0.2) is 0 Å². The van der Waals surface area contributed by atoms with Gasteiger partial charge in [-0.15, -0.1) is 15.0 Å². The van der Waals surface area contributed by atoms with Gasteiger partial charge in [-0.3, -0.25) is 0 Å². The first-order valence-electron chi connectivity index (χ1n) is 6.16. The molecule has 4 nitrogen and oxygen atoms in total. The number of nitrogens with zero attached hydrogens (tertiary/aromatic N) is 4. The van der Waals surface area contributed by atoms with Crippen LogP contribution in [0.15, 0.2) is 48.5 Å². The van der Waals surface area contributed by atoms with Gasteiger partial charge in [0.1, 0.15) is 0 Å². The fourth-order valence-corrected chi connectivity index (χ4v) is 1.82. The molecule has 0 aliphatic heterocycles. The number of rotatable bonds is 2. The SMILES string of the molecule is Cc1ccc(-c2nnn(-c3ccc(C)cc3)n2)cc1. The Bertz CT molecular complexity index is 621. The van der Waals surface area contributed by atoms with Crippen molar-refractivity contribution in [2.24, 2.45) is 0 Å². The second-order valence-corrected chi connectivity index (χ2v) is 4.60. The largest absolute Gasteiger partial charge is 0.205 e. The average molecular weight is 250 g/mol. The van der Waals surface area contributed by atoms with Crippen LogP contribution < -0.4 is 0 Å². The lowest BCUT2D eigenvalue weighted by Gasteiger charge is -1.98. The number of aryl methyl sites for hydroxylation is 2. The zero-order chi connectivity index (χ0) is 13.2. The molecule has 0 amide bonds. The molecule has 94 valence electrons. The first-order valence-corrected chi connectivity index (χ1v) is 6.16. The Labute approximate surface area is 111 Å². The third kappa shape index (κ3) is 2.38.